The second-order valence-electron chi connectivity index (χ2n) is 8.60. The summed E-state index contributed by atoms with van der Waals surface area (Å²) in [5.74, 6) is -1.12. The summed E-state index contributed by atoms with van der Waals surface area (Å²) in [6.45, 7) is 0.386. The van der Waals surface area contributed by atoms with E-state index in [9.17, 15) is 14.4 Å². The second-order valence-corrected chi connectivity index (χ2v) is 8.60. The number of methoxy groups -OCH3 is 1. The molecule has 0 saturated carbocycles. The van der Waals surface area contributed by atoms with E-state index in [0.717, 1.165) is 42.5 Å². The summed E-state index contributed by atoms with van der Waals surface area (Å²) < 4.78 is 5.05. The molecule has 0 radical (unpaired) electrons. The van der Waals surface area contributed by atoms with Crippen LogP contribution >= 0.6 is 0 Å². The number of nitrogens with zero attached hydrogens (tertiary/aromatic N) is 3. The molecule has 5 rings (SSSR count). The lowest BCUT2D eigenvalue weighted by Gasteiger charge is -2.40. The molecule has 162 valence electrons. The highest BCUT2D eigenvalue weighted by Crippen LogP contribution is 2.43. The molecule has 3 atom stereocenters. The highest BCUT2D eigenvalue weighted by molar-refractivity contribution is 5.97. The molecule has 1 N–H and O–H groups in total. The summed E-state index contributed by atoms with van der Waals surface area (Å²) in [6, 6.07) is 8.99. The predicted octanol–water partition coefficient (Wildman–Crippen LogP) is 1.88. The van der Waals surface area contributed by atoms with Gasteiger partial charge in [-0.1, -0.05) is 30.3 Å². The average molecular weight is 422 g/mol. The molecule has 2 aromatic rings. The first kappa shape index (κ1) is 19.8. The Morgan fingerprint density at radius 3 is 2.71 bits per heavy atom. The molecule has 8 heteroatoms. The van der Waals surface area contributed by atoms with Gasteiger partial charge in [-0.3, -0.25) is 19.5 Å². The van der Waals surface area contributed by atoms with Crippen LogP contribution in [-0.2, 0) is 27.2 Å². The van der Waals surface area contributed by atoms with Crippen LogP contribution in [0, 0.1) is 5.92 Å². The topological polar surface area (TPSA) is 95.6 Å². The van der Waals surface area contributed by atoms with Gasteiger partial charge in [0.1, 0.15) is 6.54 Å². The summed E-state index contributed by atoms with van der Waals surface area (Å²) in [6.07, 6.45) is 4.36. The summed E-state index contributed by atoms with van der Waals surface area (Å²) in [4.78, 5) is 42.5. The SMILES string of the molecule is COC(=O)[C@H]1C[C@H]2CN(C(=O)c3n[nH]c4c3CCCC4)CC(=O)N2[C@H]1c1ccccc1. The third kappa shape index (κ3) is 3.30. The second kappa shape index (κ2) is 7.83. The van der Waals surface area contributed by atoms with Gasteiger partial charge >= 0.3 is 5.97 Å². The van der Waals surface area contributed by atoms with Crippen LogP contribution in [0.5, 0.6) is 0 Å². The molecule has 31 heavy (non-hydrogen) atoms. The Labute approximate surface area is 180 Å². The number of carbonyl (C=O) groups is 3. The first-order valence-corrected chi connectivity index (χ1v) is 10.9. The lowest BCUT2D eigenvalue weighted by atomic mass is 9.93. The van der Waals surface area contributed by atoms with Crippen LogP contribution in [0.4, 0.5) is 0 Å². The number of piperazine rings is 1. The van der Waals surface area contributed by atoms with Crippen LogP contribution in [0.25, 0.3) is 0 Å². The zero-order valence-corrected chi connectivity index (χ0v) is 17.5. The number of nitrogens with one attached hydrogen (secondary N) is 1. The number of fused-ring (bicyclic) bond motifs is 2. The van der Waals surface area contributed by atoms with Gasteiger partial charge in [-0.05, 0) is 37.7 Å². The number of amides is 2. The quantitative estimate of drug-likeness (QED) is 0.762. The van der Waals surface area contributed by atoms with Crippen molar-refractivity contribution in [2.45, 2.75) is 44.2 Å². The Kier molecular flexibility index (Phi) is 5.00. The number of benzene rings is 1. The minimum Gasteiger partial charge on any atom is -0.469 e. The molecule has 0 spiro atoms. The van der Waals surface area contributed by atoms with Crippen molar-refractivity contribution in [1.29, 1.82) is 0 Å². The van der Waals surface area contributed by atoms with Gasteiger partial charge in [0.15, 0.2) is 5.69 Å². The summed E-state index contributed by atoms with van der Waals surface area (Å²) in [5.41, 5.74) is 3.38. The minimum absolute atomic E-state index is 0.00576. The van der Waals surface area contributed by atoms with Crippen LogP contribution in [0.2, 0.25) is 0 Å². The van der Waals surface area contributed by atoms with Gasteiger partial charge < -0.3 is 14.5 Å². The highest BCUT2D eigenvalue weighted by Gasteiger charge is 2.51. The maximum absolute atomic E-state index is 13.3. The van der Waals surface area contributed by atoms with Gasteiger partial charge in [-0.25, -0.2) is 0 Å². The molecule has 0 unspecified atom stereocenters. The number of rotatable bonds is 3. The Balaban J connectivity index is 1.42. The van der Waals surface area contributed by atoms with E-state index in [4.69, 9.17) is 4.74 Å². The fraction of sp³-hybridized carbons (Fsp3) is 0.478. The van der Waals surface area contributed by atoms with Crippen molar-refractivity contribution in [3.8, 4) is 0 Å². The van der Waals surface area contributed by atoms with Crippen molar-refractivity contribution < 1.29 is 19.1 Å². The van der Waals surface area contributed by atoms with Crippen LogP contribution < -0.4 is 0 Å². The summed E-state index contributed by atoms with van der Waals surface area (Å²) in [5, 5.41) is 7.30. The van der Waals surface area contributed by atoms with E-state index in [2.05, 4.69) is 10.2 Å². The molecule has 8 nitrogen and oxygen atoms in total. The van der Waals surface area contributed by atoms with Crippen molar-refractivity contribution >= 4 is 17.8 Å². The lowest BCUT2D eigenvalue weighted by molar-refractivity contribution is -0.147. The monoisotopic (exact) mass is 422 g/mol. The largest absolute Gasteiger partial charge is 0.469 e. The Morgan fingerprint density at radius 2 is 1.94 bits per heavy atom. The molecule has 1 aromatic heterocycles. The number of esters is 1. The number of hydrogen-bond acceptors (Lipinski definition) is 5. The van der Waals surface area contributed by atoms with Gasteiger partial charge in [0, 0.05) is 17.8 Å². The number of hydrogen-bond donors (Lipinski definition) is 1. The Bertz CT molecular complexity index is 1020. The van der Waals surface area contributed by atoms with Crippen LogP contribution in [0.3, 0.4) is 0 Å². The fourth-order valence-corrected chi connectivity index (χ4v) is 5.42. The number of H-pyrrole nitrogens is 1. The molecule has 1 aromatic carbocycles. The molecule has 2 saturated heterocycles. The lowest BCUT2D eigenvalue weighted by Crippen LogP contribution is -2.56. The van der Waals surface area contributed by atoms with E-state index < -0.39 is 5.92 Å². The number of aryl methyl sites for hydroxylation is 1. The normalized spacial score (nSPS) is 25.2. The van der Waals surface area contributed by atoms with Gasteiger partial charge in [-0.15, -0.1) is 0 Å². The first-order chi connectivity index (χ1) is 15.1. The molecule has 0 bridgehead atoms. The minimum atomic E-state index is -0.449. The number of aromatic amines is 1. The van der Waals surface area contributed by atoms with E-state index in [1.54, 1.807) is 9.80 Å². The van der Waals surface area contributed by atoms with Crippen molar-refractivity contribution in [2.24, 2.45) is 5.92 Å². The fourth-order valence-electron chi connectivity index (χ4n) is 5.42. The Hall–Kier alpha value is -3.16. The van der Waals surface area contributed by atoms with Crippen LogP contribution in [0.1, 0.15) is 52.6 Å². The van der Waals surface area contributed by atoms with E-state index in [-0.39, 0.29) is 36.4 Å². The van der Waals surface area contributed by atoms with E-state index >= 15 is 0 Å². The Morgan fingerprint density at radius 1 is 1.16 bits per heavy atom. The molecule has 3 aliphatic rings. The molecule has 1 aliphatic carbocycles. The van der Waals surface area contributed by atoms with E-state index in [1.807, 2.05) is 30.3 Å². The van der Waals surface area contributed by atoms with Gasteiger partial charge in [0.25, 0.3) is 5.91 Å². The van der Waals surface area contributed by atoms with Crippen molar-refractivity contribution in [2.75, 3.05) is 20.2 Å². The van der Waals surface area contributed by atoms with Crippen molar-refractivity contribution in [3.63, 3.8) is 0 Å². The van der Waals surface area contributed by atoms with Crippen LogP contribution in [-0.4, -0.2) is 64.0 Å². The highest BCUT2D eigenvalue weighted by atomic mass is 16.5. The molecule has 2 aliphatic heterocycles. The van der Waals surface area contributed by atoms with Gasteiger partial charge in [-0.2, -0.15) is 5.10 Å². The maximum atomic E-state index is 13.3. The van der Waals surface area contributed by atoms with Crippen molar-refractivity contribution in [1.82, 2.24) is 20.0 Å². The molecule has 2 amide bonds. The third-order valence-electron chi connectivity index (χ3n) is 6.84. The number of aromatic nitrogens is 2. The van der Waals surface area contributed by atoms with Crippen molar-refractivity contribution in [3.05, 3.63) is 52.8 Å². The van der Waals surface area contributed by atoms with E-state index in [1.165, 1.54) is 7.11 Å². The molecule has 3 heterocycles. The van der Waals surface area contributed by atoms with Crippen LogP contribution in [0.15, 0.2) is 30.3 Å². The number of ether oxygens (including phenoxy) is 1. The van der Waals surface area contributed by atoms with Gasteiger partial charge in [0.2, 0.25) is 5.91 Å². The smallest absolute Gasteiger partial charge is 0.311 e. The molecular formula is C23H26N4O4. The molecular weight excluding hydrogens is 396 g/mol. The first-order valence-electron chi connectivity index (χ1n) is 10.9. The van der Waals surface area contributed by atoms with E-state index in [0.29, 0.717) is 18.7 Å². The summed E-state index contributed by atoms with van der Waals surface area (Å²) in [7, 11) is 1.38. The summed E-state index contributed by atoms with van der Waals surface area (Å²) >= 11 is 0. The maximum Gasteiger partial charge on any atom is 0.311 e. The van der Waals surface area contributed by atoms with Gasteiger partial charge in [0.05, 0.1) is 25.1 Å². The third-order valence-corrected chi connectivity index (χ3v) is 6.84. The number of carbonyl (C=O) groups excluding carboxylic acids is 3. The predicted molar refractivity (Wildman–Crippen MR) is 111 cm³/mol. The standard InChI is InChI=1S/C23H26N4O4/c1-31-23(30)17-11-15-12-26(22(29)20-16-9-5-6-10-18(16)24-25-20)13-19(28)27(15)21(17)14-7-3-2-4-8-14/h2-4,7-8,15,17,21H,5-6,9-13H2,1H3,(H,24,25)/t15-,17-,21-/m0/s1. The molecule has 2 fully saturated rings. The zero-order valence-electron chi connectivity index (χ0n) is 17.5. The zero-order chi connectivity index (χ0) is 21.5. The average Bonchev–Trinajstić information content (AvgIpc) is 3.41.